The summed E-state index contributed by atoms with van der Waals surface area (Å²) < 4.78 is 6.68. The van der Waals surface area contributed by atoms with Gasteiger partial charge in [-0.25, -0.2) is 4.98 Å². The van der Waals surface area contributed by atoms with E-state index in [1.165, 1.54) is 0 Å². The van der Waals surface area contributed by atoms with Gasteiger partial charge in [0.25, 0.3) is 5.56 Å². The lowest BCUT2D eigenvalue weighted by Gasteiger charge is -2.06. The maximum atomic E-state index is 12.1. The van der Waals surface area contributed by atoms with Crippen molar-refractivity contribution in [3.63, 3.8) is 0 Å². The van der Waals surface area contributed by atoms with E-state index in [2.05, 4.69) is 4.98 Å². The average Bonchev–Trinajstić information content (AvgIpc) is 2.48. The van der Waals surface area contributed by atoms with Crippen LogP contribution in [0, 0.1) is 6.92 Å². The molecular formula is C16H14N2O2. The Morgan fingerprint density at radius 2 is 1.85 bits per heavy atom. The number of ether oxygens (including phenoxy) is 1. The van der Waals surface area contributed by atoms with Crippen molar-refractivity contribution in [3.05, 3.63) is 64.6 Å². The third-order valence-electron chi connectivity index (χ3n) is 3.19. The molecule has 0 spiro atoms. The summed E-state index contributed by atoms with van der Waals surface area (Å²) in [5.74, 6) is 0.780. The molecule has 0 unspecified atom stereocenters. The molecule has 0 radical (unpaired) electrons. The van der Waals surface area contributed by atoms with Crippen molar-refractivity contribution in [2.45, 2.75) is 6.92 Å². The molecule has 3 aromatic rings. The Hall–Kier alpha value is -2.62. The summed E-state index contributed by atoms with van der Waals surface area (Å²) in [5.41, 5.74) is 3.16. The highest BCUT2D eigenvalue weighted by Gasteiger charge is 2.05. The number of rotatable bonds is 2. The molecule has 0 aliphatic carbocycles. The van der Waals surface area contributed by atoms with Crippen molar-refractivity contribution < 1.29 is 4.74 Å². The smallest absolute Gasteiger partial charge is 0.258 e. The van der Waals surface area contributed by atoms with Gasteiger partial charge >= 0.3 is 0 Å². The Bertz CT molecular complexity index is 820. The Balaban J connectivity index is 2.16. The molecule has 4 heteroatoms. The lowest BCUT2D eigenvalue weighted by molar-refractivity contribution is 0.415. The van der Waals surface area contributed by atoms with Gasteiger partial charge in [-0.15, -0.1) is 0 Å². The average molecular weight is 266 g/mol. The van der Waals surface area contributed by atoms with Crippen LogP contribution in [0.15, 0.2) is 53.5 Å². The van der Waals surface area contributed by atoms with Crippen LogP contribution in [0.3, 0.4) is 0 Å². The van der Waals surface area contributed by atoms with Crippen LogP contribution < -0.4 is 10.3 Å². The standard InChI is InChI=1S/C16H14N2O2/c1-11-3-8-15-17-14(9-16(19)18(15)10-11)12-4-6-13(20-2)7-5-12/h3-10H,1-2H3. The van der Waals surface area contributed by atoms with Gasteiger partial charge in [-0.1, -0.05) is 6.07 Å². The Labute approximate surface area is 116 Å². The van der Waals surface area contributed by atoms with Crippen LogP contribution >= 0.6 is 0 Å². The number of methoxy groups -OCH3 is 1. The second kappa shape index (κ2) is 4.81. The van der Waals surface area contributed by atoms with Gasteiger partial charge in [0.1, 0.15) is 11.4 Å². The number of hydrogen-bond acceptors (Lipinski definition) is 3. The largest absolute Gasteiger partial charge is 0.497 e. The maximum Gasteiger partial charge on any atom is 0.258 e. The monoisotopic (exact) mass is 266 g/mol. The first-order valence-corrected chi connectivity index (χ1v) is 6.32. The third-order valence-corrected chi connectivity index (χ3v) is 3.19. The molecule has 20 heavy (non-hydrogen) atoms. The Morgan fingerprint density at radius 3 is 2.55 bits per heavy atom. The zero-order valence-electron chi connectivity index (χ0n) is 11.3. The molecule has 2 heterocycles. The molecule has 0 fully saturated rings. The fourth-order valence-corrected chi connectivity index (χ4v) is 2.12. The SMILES string of the molecule is COc1ccc(-c2cc(=O)n3cc(C)ccc3n2)cc1. The highest BCUT2D eigenvalue weighted by atomic mass is 16.5. The number of aromatic nitrogens is 2. The van der Waals surface area contributed by atoms with Gasteiger partial charge in [-0.05, 0) is 42.8 Å². The van der Waals surface area contributed by atoms with E-state index in [9.17, 15) is 4.79 Å². The number of nitrogens with zero attached hydrogens (tertiary/aromatic N) is 2. The molecule has 0 atom stereocenters. The van der Waals surface area contributed by atoms with E-state index in [0.29, 0.717) is 11.3 Å². The van der Waals surface area contributed by atoms with Crippen LogP contribution in [0.1, 0.15) is 5.56 Å². The van der Waals surface area contributed by atoms with Gasteiger partial charge in [-0.2, -0.15) is 0 Å². The summed E-state index contributed by atoms with van der Waals surface area (Å²) in [6, 6.07) is 12.8. The van der Waals surface area contributed by atoms with E-state index < -0.39 is 0 Å². The summed E-state index contributed by atoms with van der Waals surface area (Å²) in [5, 5.41) is 0. The molecule has 0 amide bonds. The highest BCUT2D eigenvalue weighted by molar-refractivity contribution is 5.62. The minimum atomic E-state index is -0.0791. The molecule has 0 bridgehead atoms. The molecule has 100 valence electrons. The number of pyridine rings is 1. The second-order valence-corrected chi connectivity index (χ2v) is 4.64. The van der Waals surface area contributed by atoms with Crippen molar-refractivity contribution in [2.75, 3.05) is 7.11 Å². The quantitative estimate of drug-likeness (QED) is 0.716. The highest BCUT2D eigenvalue weighted by Crippen LogP contribution is 2.20. The summed E-state index contributed by atoms with van der Waals surface area (Å²) in [7, 11) is 1.62. The number of aryl methyl sites for hydroxylation is 1. The molecule has 0 N–H and O–H groups in total. The number of benzene rings is 1. The predicted molar refractivity (Wildman–Crippen MR) is 78.2 cm³/mol. The van der Waals surface area contributed by atoms with Gasteiger partial charge in [0.05, 0.1) is 12.8 Å². The van der Waals surface area contributed by atoms with E-state index >= 15 is 0 Å². The minimum absolute atomic E-state index is 0.0791. The minimum Gasteiger partial charge on any atom is -0.497 e. The van der Waals surface area contributed by atoms with E-state index in [1.54, 1.807) is 23.8 Å². The third kappa shape index (κ3) is 2.16. The summed E-state index contributed by atoms with van der Waals surface area (Å²) in [6.07, 6.45) is 1.79. The Kier molecular flexibility index (Phi) is 2.99. The van der Waals surface area contributed by atoms with Crippen molar-refractivity contribution in [3.8, 4) is 17.0 Å². The van der Waals surface area contributed by atoms with Crippen LogP contribution in [-0.4, -0.2) is 16.5 Å². The maximum absolute atomic E-state index is 12.1. The lowest BCUT2D eigenvalue weighted by Crippen LogP contribution is -2.14. The van der Waals surface area contributed by atoms with E-state index in [-0.39, 0.29) is 5.56 Å². The summed E-state index contributed by atoms with van der Waals surface area (Å²) >= 11 is 0. The molecule has 2 aromatic heterocycles. The molecule has 3 rings (SSSR count). The molecule has 0 saturated carbocycles. The van der Waals surface area contributed by atoms with Crippen LogP contribution in [0.25, 0.3) is 16.9 Å². The van der Waals surface area contributed by atoms with Crippen molar-refractivity contribution in [1.29, 1.82) is 0 Å². The molecular weight excluding hydrogens is 252 g/mol. The fourth-order valence-electron chi connectivity index (χ4n) is 2.12. The number of fused-ring (bicyclic) bond motifs is 1. The molecule has 1 aromatic carbocycles. The predicted octanol–water partition coefficient (Wildman–Crippen LogP) is 2.68. The lowest BCUT2D eigenvalue weighted by atomic mass is 10.1. The van der Waals surface area contributed by atoms with Gasteiger partial charge in [-0.3, -0.25) is 9.20 Å². The van der Waals surface area contributed by atoms with E-state index in [1.807, 2.05) is 43.3 Å². The Morgan fingerprint density at radius 1 is 1.10 bits per heavy atom. The van der Waals surface area contributed by atoms with Crippen LogP contribution in [0.5, 0.6) is 5.75 Å². The first-order valence-electron chi connectivity index (χ1n) is 6.32. The topological polar surface area (TPSA) is 43.6 Å². The second-order valence-electron chi connectivity index (χ2n) is 4.64. The first-order chi connectivity index (χ1) is 9.67. The molecule has 0 saturated heterocycles. The molecule has 0 aliphatic heterocycles. The van der Waals surface area contributed by atoms with Crippen molar-refractivity contribution >= 4 is 5.65 Å². The summed E-state index contributed by atoms with van der Waals surface area (Å²) in [4.78, 5) is 16.7. The summed E-state index contributed by atoms with van der Waals surface area (Å²) in [6.45, 7) is 1.95. The molecule has 4 nitrogen and oxygen atoms in total. The van der Waals surface area contributed by atoms with Crippen LogP contribution in [-0.2, 0) is 0 Å². The first kappa shape index (κ1) is 12.4. The van der Waals surface area contributed by atoms with E-state index in [0.717, 1.165) is 16.9 Å². The van der Waals surface area contributed by atoms with Crippen LogP contribution in [0.4, 0.5) is 0 Å². The van der Waals surface area contributed by atoms with Gasteiger partial charge in [0, 0.05) is 17.8 Å². The van der Waals surface area contributed by atoms with Gasteiger partial charge in [0.15, 0.2) is 0 Å². The van der Waals surface area contributed by atoms with Gasteiger partial charge in [0.2, 0.25) is 0 Å². The zero-order valence-corrected chi connectivity index (χ0v) is 11.3. The normalized spacial score (nSPS) is 10.7. The van der Waals surface area contributed by atoms with Crippen molar-refractivity contribution in [1.82, 2.24) is 9.38 Å². The molecule has 0 aliphatic rings. The fraction of sp³-hybridized carbons (Fsp3) is 0.125. The van der Waals surface area contributed by atoms with Gasteiger partial charge < -0.3 is 4.74 Å². The van der Waals surface area contributed by atoms with Crippen LogP contribution in [0.2, 0.25) is 0 Å². The zero-order chi connectivity index (χ0) is 14.1. The number of hydrogen-bond donors (Lipinski definition) is 0. The van der Waals surface area contributed by atoms with Crippen molar-refractivity contribution in [2.24, 2.45) is 0 Å². The van der Waals surface area contributed by atoms with E-state index in [4.69, 9.17) is 4.74 Å².